The van der Waals surface area contributed by atoms with Crippen molar-refractivity contribution in [3.8, 4) is 56.4 Å². The molecule has 0 amide bonds. The van der Waals surface area contributed by atoms with Gasteiger partial charge in [-0.2, -0.15) is 0 Å². The van der Waals surface area contributed by atoms with Gasteiger partial charge in [0.1, 0.15) is 22.5 Å². The number of rotatable bonds is 5. The van der Waals surface area contributed by atoms with Crippen LogP contribution in [-0.2, 0) is 6.42 Å². The summed E-state index contributed by atoms with van der Waals surface area (Å²) in [7, 11) is 0. The van der Waals surface area contributed by atoms with Crippen LogP contribution in [0.25, 0.3) is 95.4 Å². The highest BCUT2D eigenvalue weighted by molar-refractivity contribution is 6.05. The molecule has 9 aromatic rings. The highest BCUT2D eigenvalue weighted by Gasteiger charge is 2.19. The van der Waals surface area contributed by atoms with E-state index in [-0.39, 0.29) is 0 Å². The minimum Gasteiger partial charge on any atom is -0.456 e. The van der Waals surface area contributed by atoms with Crippen molar-refractivity contribution < 1.29 is 8.83 Å². The smallest absolute Gasteiger partial charge is 0.164 e. The first-order chi connectivity index (χ1) is 24.7. The first-order valence-corrected chi connectivity index (χ1v) is 16.9. The fourth-order valence-electron chi connectivity index (χ4n) is 7.10. The number of hydrogen-bond donors (Lipinski definition) is 0. The van der Waals surface area contributed by atoms with E-state index in [0.717, 1.165) is 90.5 Å². The van der Waals surface area contributed by atoms with Crippen molar-refractivity contribution in [2.45, 2.75) is 12.8 Å². The van der Waals surface area contributed by atoms with Crippen LogP contribution in [0.15, 0.2) is 154 Å². The van der Waals surface area contributed by atoms with Crippen LogP contribution in [-0.4, -0.2) is 15.0 Å². The standard InChI is InChI=1S/C45H29N3O2/c1-3-11-28(12-4-1)32-23-33(29-13-5-2-6-14-29)25-34(24-32)45-47-43(30-19-21-37-35-15-7-9-17-39(35)49-41(37)26-30)46-44(48-45)31-20-22-38-36-16-8-10-18-40(36)50-42(38)27-31/h1-7,9-15,17-27H,8,16H2. The van der Waals surface area contributed by atoms with E-state index in [9.17, 15) is 0 Å². The SMILES string of the molecule is C1=Cc2oc3cc(-c4nc(-c5cc(-c6ccccc6)cc(-c6ccccc6)c5)nc(-c5ccc6c(c5)oc5ccccc56)n4)ccc3c2CC1. The molecule has 5 nitrogen and oxygen atoms in total. The number of allylic oxidation sites excluding steroid dienone is 1. The van der Waals surface area contributed by atoms with Crippen LogP contribution >= 0.6 is 0 Å². The Balaban J connectivity index is 1.19. The van der Waals surface area contributed by atoms with Crippen molar-refractivity contribution in [3.63, 3.8) is 0 Å². The fraction of sp³-hybridized carbons (Fsp3) is 0.0444. The molecule has 0 bridgehead atoms. The van der Waals surface area contributed by atoms with E-state index in [4.69, 9.17) is 23.8 Å². The van der Waals surface area contributed by atoms with Gasteiger partial charge >= 0.3 is 0 Å². The lowest BCUT2D eigenvalue weighted by Crippen LogP contribution is -2.00. The van der Waals surface area contributed by atoms with Crippen LogP contribution in [0.1, 0.15) is 17.7 Å². The van der Waals surface area contributed by atoms with E-state index >= 15 is 0 Å². The fourth-order valence-corrected chi connectivity index (χ4v) is 7.10. The van der Waals surface area contributed by atoms with Gasteiger partial charge in [0.25, 0.3) is 0 Å². The molecule has 3 heterocycles. The van der Waals surface area contributed by atoms with E-state index in [2.05, 4.69) is 115 Å². The van der Waals surface area contributed by atoms with E-state index in [1.165, 1.54) is 5.56 Å². The molecule has 3 aromatic heterocycles. The molecule has 0 radical (unpaired) electrons. The zero-order chi connectivity index (χ0) is 33.0. The number of nitrogens with zero attached hydrogens (tertiary/aromatic N) is 3. The summed E-state index contributed by atoms with van der Waals surface area (Å²) < 4.78 is 12.6. The third kappa shape index (κ3) is 4.91. The van der Waals surface area contributed by atoms with Crippen molar-refractivity contribution in [2.75, 3.05) is 0 Å². The molecule has 10 rings (SSSR count). The lowest BCUT2D eigenvalue weighted by Gasteiger charge is -2.12. The summed E-state index contributed by atoms with van der Waals surface area (Å²) in [5, 5.41) is 3.28. The van der Waals surface area contributed by atoms with Crippen LogP contribution in [0.5, 0.6) is 0 Å². The predicted molar refractivity (Wildman–Crippen MR) is 201 cm³/mol. The molecule has 0 atom stereocenters. The number of aryl methyl sites for hydroxylation is 1. The maximum atomic E-state index is 6.32. The summed E-state index contributed by atoms with van der Waals surface area (Å²) in [6.45, 7) is 0. The number of furan rings is 2. The van der Waals surface area contributed by atoms with Crippen LogP contribution in [0.2, 0.25) is 0 Å². The Bertz CT molecular complexity index is 2700. The Morgan fingerprint density at radius 2 is 0.940 bits per heavy atom. The monoisotopic (exact) mass is 643 g/mol. The molecule has 1 aliphatic carbocycles. The molecule has 50 heavy (non-hydrogen) atoms. The third-order valence-corrected chi connectivity index (χ3v) is 9.59. The average Bonchev–Trinajstić information content (AvgIpc) is 3.76. The molecule has 0 spiro atoms. The van der Waals surface area contributed by atoms with Gasteiger partial charge in [0.2, 0.25) is 0 Å². The molecule has 0 saturated carbocycles. The summed E-state index contributed by atoms with van der Waals surface area (Å²) in [6.07, 6.45) is 6.24. The quantitative estimate of drug-likeness (QED) is 0.187. The molecule has 6 aromatic carbocycles. The molecular weight excluding hydrogens is 615 g/mol. The summed E-state index contributed by atoms with van der Waals surface area (Å²) >= 11 is 0. The van der Waals surface area contributed by atoms with Gasteiger partial charge < -0.3 is 8.83 Å². The lowest BCUT2D eigenvalue weighted by molar-refractivity contribution is 0.595. The van der Waals surface area contributed by atoms with Crippen molar-refractivity contribution >= 4 is 39.0 Å². The largest absolute Gasteiger partial charge is 0.456 e. The van der Waals surface area contributed by atoms with Gasteiger partial charge in [-0.05, 0) is 83.6 Å². The van der Waals surface area contributed by atoms with Crippen LogP contribution in [0, 0.1) is 0 Å². The summed E-state index contributed by atoms with van der Waals surface area (Å²) in [5.41, 5.74) is 10.8. The zero-order valence-corrected chi connectivity index (χ0v) is 27.0. The van der Waals surface area contributed by atoms with E-state index in [0.29, 0.717) is 17.5 Å². The van der Waals surface area contributed by atoms with Crippen molar-refractivity contribution in [3.05, 3.63) is 157 Å². The second-order valence-corrected chi connectivity index (χ2v) is 12.7. The third-order valence-electron chi connectivity index (χ3n) is 9.59. The molecular formula is C45H29N3O2. The van der Waals surface area contributed by atoms with Crippen LogP contribution in [0.4, 0.5) is 0 Å². The summed E-state index contributed by atoms with van der Waals surface area (Å²) in [5.74, 6) is 2.67. The molecule has 0 fully saturated rings. The normalized spacial score (nSPS) is 12.6. The first-order valence-electron chi connectivity index (χ1n) is 16.9. The second-order valence-electron chi connectivity index (χ2n) is 12.7. The Morgan fingerprint density at radius 3 is 1.62 bits per heavy atom. The van der Waals surface area contributed by atoms with Crippen LogP contribution in [0.3, 0.4) is 0 Å². The number of aromatic nitrogens is 3. The van der Waals surface area contributed by atoms with Gasteiger partial charge in [-0.25, -0.2) is 15.0 Å². The van der Waals surface area contributed by atoms with Crippen molar-refractivity contribution in [2.24, 2.45) is 0 Å². The molecule has 0 aliphatic heterocycles. The van der Waals surface area contributed by atoms with E-state index in [1.54, 1.807) is 0 Å². The van der Waals surface area contributed by atoms with Gasteiger partial charge in [-0.15, -0.1) is 0 Å². The lowest BCUT2D eigenvalue weighted by atomic mass is 9.96. The maximum absolute atomic E-state index is 6.32. The Morgan fingerprint density at radius 1 is 0.400 bits per heavy atom. The predicted octanol–water partition coefficient (Wildman–Crippen LogP) is 11.8. The van der Waals surface area contributed by atoms with Crippen LogP contribution < -0.4 is 0 Å². The molecule has 236 valence electrons. The minimum atomic E-state index is 0.570. The van der Waals surface area contributed by atoms with Crippen molar-refractivity contribution in [1.82, 2.24) is 15.0 Å². The number of hydrogen-bond acceptors (Lipinski definition) is 5. The zero-order valence-electron chi connectivity index (χ0n) is 27.0. The molecule has 1 aliphatic rings. The van der Waals surface area contributed by atoms with E-state index in [1.807, 2.05) is 36.4 Å². The Labute approximate surface area is 288 Å². The molecule has 0 unspecified atom stereocenters. The summed E-state index contributed by atoms with van der Waals surface area (Å²) in [4.78, 5) is 15.4. The summed E-state index contributed by atoms with van der Waals surface area (Å²) in [6, 6.07) is 48.0. The highest BCUT2D eigenvalue weighted by atomic mass is 16.3. The van der Waals surface area contributed by atoms with Gasteiger partial charge in [0.15, 0.2) is 17.5 Å². The highest BCUT2D eigenvalue weighted by Crippen LogP contribution is 2.37. The Kier molecular flexibility index (Phi) is 6.56. The average molecular weight is 644 g/mol. The second kappa shape index (κ2) is 11.5. The van der Waals surface area contributed by atoms with E-state index < -0.39 is 0 Å². The van der Waals surface area contributed by atoms with Gasteiger partial charge in [0, 0.05) is 38.4 Å². The topological polar surface area (TPSA) is 65.0 Å². The minimum absolute atomic E-state index is 0.570. The van der Waals surface area contributed by atoms with Crippen molar-refractivity contribution in [1.29, 1.82) is 0 Å². The number of para-hydroxylation sites is 1. The van der Waals surface area contributed by atoms with Gasteiger partial charge in [-0.3, -0.25) is 0 Å². The van der Waals surface area contributed by atoms with Gasteiger partial charge in [-0.1, -0.05) is 103 Å². The first kappa shape index (κ1) is 28.4. The molecule has 0 N–H and O–H groups in total. The maximum Gasteiger partial charge on any atom is 0.164 e. The molecule has 0 saturated heterocycles. The number of benzene rings is 6. The molecule has 5 heteroatoms. The van der Waals surface area contributed by atoms with Gasteiger partial charge in [0.05, 0.1) is 0 Å². The Hall–Kier alpha value is -6.59. The number of fused-ring (bicyclic) bond motifs is 6.